The minimum Gasteiger partial charge on any atom is -0.319 e. The first-order chi connectivity index (χ1) is 6.86. The van der Waals surface area contributed by atoms with Crippen LogP contribution in [-0.2, 0) is 9.88 Å². The normalized spacial score (nSPS) is 10.3. The summed E-state index contributed by atoms with van der Waals surface area (Å²) in [4.78, 5) is 20.9. The topological polar surface area (TPSA) is 74.7 Å². The molecule has 0 aromatic rings. The molecule has 0 aliphatic rings. The zero-order valence-corrected chi connectivity index (χ0v) is 10.2. The van der Waals surface area contributed by atoms with Crippen molar-refractivity contribution in [2.75, 3.05) is 0 Å². The lowest BCUT2D eigenvalue weighted by Crippen LogP contribution is -2.43. The zero-order valence-electron chi connectivity index (χ0n) is 9.27. The fourth-order valence-corrected chi connectivity index (χ4v) is 1.24. The lowest BCUT2D eigenvalue weighted by molar-refractivity contribution is -0.265. The number of carbonyl (C=O) groups excluding carboxylic acids is 1. The van der Waals surface area contributed by atoms with Crippen LogP contribution in [0.25, 0.3) is 0 Å². The molecule has 0 aliphatic heterocycles. The third-order valence-electron chi connectivity index (χ3n) is 1.60. The minimum absolute atomic E-state index is 0.104. The summed E-state index contributed by atoms with van der Waals surface area (Å²) in [5, 5.41) is 6.86. The second-order valence-corrected chi connectivity index (χ2v) is 3.88. The highest BCUT2D eigenvalue weighted by atomic mass is 32.1. The molecule has 0 heterocycles. The van der Waals surface area contributed by atoms with E-state index in [-0.39, 0.29) is 18.1 Å². The number of thiol groups is 1. The Kier molecular flexibility index (Phi) is 6.11. The molecule has 7 heteroatoms. The number of carbonyl (C=O) groups is 1. The van der Waals surface area contributed by atoms with E-state index in [1.54, 1.807) is 4.90 Å². The molecule has 0 unspecified atom stereocenters. The van der Waals surface area contributed by atoms with E-state index in [4.69, 9.17) is 5.41 Å². The molecule has 0 radical (unpaired) electrons. The van der Waals surface area contributed by atoms with E-state index in [9.17, 15) is 4.79 Å². The van der Waals surface area contributed by atoms with Gasteiger partial charge >= 0.3 is 11.3 Å². The average Bonchev–Trinajstić information content (AvgIpc) is 2.01. The van der Waals surface area contributed by atoms with Gasteiger partial charge < -0.3 is 4.90 Å². The summed E-state index contributed by atoms with van der Waals surface area (Å²) in [5.74, 6) is 0. The smallest absolute Gasteiger partial charge is 0.319 e. The maximum Gasteiger partial charge on any atom is 0.325 e. The molecule has 0 atom stereocenters. The van der Waals surface area contributed by atoms with Gasteiger partial charge in [0, 0.05) is 12.1 Å². The van der Waals surface area contributed by atoms with Gasteiger partial charge in [-0.25, -0.2) is 5.41 Å². The first kappa shape index (κ1) is 14.1. The van der Waals surface area contributed by atoms with Crippen LogP contribution in [-0.4, -0.2) is 28.2 Å². The van der Waals surface area contributed by atoms with Gasteiger partial charge in [-0.15, -0.1) is 0 Å². The summed E-state index contributed by atoms with van der Waals surface area (Å²) in [5.41, 5.74) is 1.84. The Morgan fingerprint density at radius 1 is 1.33 bits per heavy atom. The molecule has 0 saturated heterocycles. The van der Waals surface area contributed by atoms with E-state index in [2.05, 4.69) is 22.5 Å². The van der Waals surface area contributed by atoms with Crippen LogP contribution in [0.1, 0.15) is 27.7 Å². The van der Waals surface area contributed by atoms with E-state index >= 15 is 0 Å². The summed E-state index contributed by atoms with van der Waals surface area (Å²) in [7, 11) is 0. The lowest BCUT2D eigenvalue weighted by atomic mass is 10.2. The first-order valence-corrected chi connectivity index (χ1v) is 5.00. The van der Waals surface area contributed by atoms with Crippen molar-refractivity contribution in [3.05, 3.63) is 0 Å². The van der Waals surface area contributed by atoms with Crippen LogP contribution in [0.4, 0.5) is 4.79 Å². The van der Waals surface area contributed by atoms with Crippen LogP contribution in [0.2, 0.25) is 0 Å². The van der Waals surface area contributed by atoms with Crippen molar-refractivity contribution in [3.63, 3.8) is 0 Å². The van der Waals surface area contributed by atoms with Crippen LogP contribution in [0, 0.1) is 5.41 Å². The van der Waals surface area contributed by atoms with E-state index in [1.807, 2.05) is 33.2 Å². The number of rotatable bonds is 4. The molecule has 0 bridgehead atoms. The molecule has 0 spiro atoms. The molecule has 15 heavy (non-hydrogen) atoms. The van der Waals surface area contributed by atoms with Gasteiger partial charge in [0.25, 0.3) is 0 Å². The van der Waals surface area contributed by atoms with E-state index in [0.29, 0.717) is 0 Å². The monoisotopic (exact) mass is 235 g/mol. The second-order valence-electron chi connectivity index (χ2n) is 3.47. The zero-order chi connectivity index (χ0) is 12.0. The van der Waals surface area contributed by atoms with Gasteiger partial charge in [-0.1, -0.05) is 17.6 Å². The van der Waals surface area contributed by atoms with Crippen LogP contribution >= 0.6 is 12.6 Å². The summed E-state index contributed by atoms with van der Waals surface area (Å²) in [6.45, 7) is 7.70. The Morgan fingerprint density at radius 3 is 2.13 bits per heavy atom. The van der Waals surface area contributed by atoms with Crippen LogP contribution < -0.4 is 5.48 Å². The molecule has 88 valence electrons. The minimum atomic E-state index is -0.691. The SMILES string of the molecule is CC(C)N(C(=N)OONC(=O)S)C(C)C. The second kappa shape index (κ2) is 6.52. The number of amidine groups is 1. The molecule has 0 aliphatic carbocycles. The summed E-state index contributed by atoms with van der Waals surface area (Å²) in [6, 6.07) is 0.0442. The Labute approximate surface area is 94.7 Å². The number of nitrogens with zero attached hydrogens (tertiary/aromatic N) is 1. The molecule has 0 saturated carbocycles. The number of hydrogen-bond donors (Lipinski definition) is 3. The maximum absolute atomic E-state index is 10.3. The van der Waals surface area contributed by atoms with Crippen molar-refractivity contribution < 1.29 is 14.7 Å². The van der Waals surface area contributed by atoms with Gasteiger partial charge in [-0.2, -0.15) is 5.48 Å². The van der Waals surface area contributed by atoms with Crippen molar-refractivity contribution in [1.82, 2.24) is 10.4 Å². The first-order valence-electron chi connectivity index (χ1n) is 4.55. The fourth-order valence-electron chi connectivity index (χ4n) is 1.20. The molecule has 0 fully saturated rings. The van der Waals surface area contributed by atoms with Gasteiger partial charge in [0.2, 0.25) is 0 Å². The quantitative estimate of drug-likeness (QED) is 0.227. The van der Waals surface area contributed by atoms with Crippen molar-refractivity contribution in [2.45, 2.75) is 39.8 Å². The van der Waals surface area contributed by atoms with Crippen LogP contribution in [0.5, 0.6) is 0 Å². The summed E-state index contributed by atoms with van der Waals surface area (Å²) in [6.07, 6.45) is 0. The molecule has 6 nitrogen and oxygen atoms in total. The highest BCUT2D eigenvalue weighted by molar-refractivity contribution is 7.96. The average molecular weight is 235 g/mol. The number of amides is 1. The Morgan fingerprint density at radius 2 is 1.80 bits per heavy atom. The predicted molar refractivity (Wildman–Crippen MR) is 59.5 cm³/mol. The molecular formula is C8H17N3O3S. The van der Waals surface area contributed by atoms with Gasteiger partial charge in [0.1, 0.15) is 0 Å². The van der Waals surface area contributed by atoms with E-state index in [0.717, 1.165) is 0 Å². The molecular weight excluding hydrogens is 218 g/mol. The third kappa shape index (κ3) is 5.48. The number of nitrogens with one attached hydrogen (secondary N) is 2. The standard InChI is InChI=1S/C8H17N3O3S/c1-5(2)11(6(3)4)7(9)13-14-10-8(12)15/h5-6,9H,1-4H3,(H2,10,12,15). The Balaban J connectivity index is 4.10. The van der Waals surface area contributed by atoms with Crippen LogP contribution in [0.3, 0.4) is 0 Å². The maximum atomic E-state index is 10.3. The molecule has 0 aromatic carbocycles. The highest BCUT2D eigenvalue weighted by Crippen LogP contribution is 2.06. The third-order valence-corrected chi connectivity index (χ3v) is 1.69. The summed E-state index contributed by atoms with van der Waals surface area (Å²) < 4.78 is 0. The van der Waals surface area contributed by atoms with Gasteiger partial charge in [0.15, 0.2) is 0 Å². The van der Waals surface area contributed by atoms with Crippen LogP contribution in [0.15, 0.2) is 0 Å². The number of hydroxylamine groups is 1. The lowest BCUT2D eigenvalue weighted by Gasteiger charge is -2.30. The molecule has 1 amide bonds. The van der Waals surface area contributed by atoms with Crippen molar-refractivity contribution in [3.8, 4) is 0 Å². The van der Waals surface area contributed by atoms with E-state index in [1.165, 1.54) is 0 Å². The van der Waals surface area contributed by atoms with Crippen molar-refractivity contribution >= 4 is 23.9 Å². The molecule has 0 aromatic heterocycles. The van der Waals surface area contributed by atoms with Gasteiger partial charge in [-0.05, 0) is 27.7 Å². The Hall–Kier alpha value is -0.950. The Bertz CT molecular complexity index is 225. The van der Waals surface area contributed by atoms with Gasteiger partial charge in [0.05, 0.1) is 0 Å². The highest BCUT2D eigenvalue weighted by Gasteiger charge is 2.19. The van der Waals surface area contributed by atoms with Crippen molar-refractivity contribution in [1.29, 1.82) is 5.41 Å². The van der Waals surface area contributed by atoms with E-state index < -0.39 is 5.24 Å². The van der Waals surface area contributed by atoms with Crippen molar-refractivity contribution in [2.24, 2.45) is 0 Å². The largest absolute Gasteiger partial charge is 0.325 e. The fraction of sp³-hybridized carbons (Fsp3) is 0.750. The number of hydrogen-bond acceptors (Lipinski definition) is 4. The molecule has 2 N–H and O–H groups in total. The van der Waals surface area contributed by atoms with Gasteiger partial charge in [-0.3, -0.25) is 9.68 Å². The molecule has 0 rings (SSSR count). The summed E-state index contributed by atoms with van der Waals surface area (Å²) >= 11 is 3.39. The predicted octanol–water partition coefficient (Wildman–Crippen LogP) is 1.54.